The van der Waals surface area contributed by atoms with Gasteiger partial charge < -0.3 is 66.4 Å². The number of hydrogen-bond donors (Lipinski definition) is 4. The first-order valence-corrected chi connectivity index (χ1v) is 44.9. The summed E-state index contributed by atoms with van der Waals surface area (Å²) in [5.74, 6) is 4.08. The van der Waals surface area contributed by atoms with Crippen LogP contribution in [0.4, 0.5) is 46.5 Å². The molecule has 4 fully saturated rings. The molecule has 125 heavy (non-hydrogen) atoms. The lowest BCUT2D eigenvalue weighted by atomic mass is 10.0. The molecule has 8 aromatic rings. The number of ether oxygens (including phenoxy) is 4. The molecule has 0 bridgehead atoms. The molecule has 12 heterocycles. The normalized spacial score (nSPS) is 16.8. The molecule has 8 N–H and O–H groups in total. The summed E-state index contributed by atoms with van der Waals surface area (Å²) in [4.78, 5) is 93.5. The number of allylic oxidation sites excluding steroid dienone is 2. The van der Waals surface area contributed by atoms with E-state index in [0.717, 1.165) is 129 Å². The molecule has 1 atom stereocenters. The van der Waals surface area contributed by atoms with Crippen molar-refractivity contribution in [2.45, 2.75) is 195 Å². The molecular weight excluding hydrogens is 1570 g/mol. The van der Waals surface area contributed by atoms with Gasteiger partial charge in [0.2, 0.25) is 5.82 Å². The Morgan fingerprint density at radius 2 is 0.776 bits per heavy atom. The van der Waals surface area contributed by atoms with Crippen molar-refractivity contribution in [3.05, 3.63) is 219 Å². The van der Waals surface area contributed by atoms with Crippen LogP contribution in [-0.4, -0.2) is 194 Å². The minimum atomic E-state index is -0.197. The Labute approximate surface area is 738 Å². The minimum absolute atomic E-state index is 0.0596. The molecule has 0 spiro atoms. The van der Waals surface area contributed by atoms with Crippen LogP contribution in [0.25, 0.3) is 0 Å². The van der Waals surface area contributed by atoms with Crippen LogP contribution in [0.15, 0.2) is 146 Å². The van der Waals surface area contributed by atoms with Crippen LogP contribution in [0.1, 0.15) is 189 Å². The summed E-state index contributed by atoms with van der Waals surface area (Å²) < 4.78 is 22.4. The lowest BCUT2D eigenvalue weighted by Crippen LogP contribution is -2.34. The molecule has 0 unspecified atom stereocenters. The number of Topliss-reactive ketones (excluding diaryl/α,β-unsaturated/α-hetero) is 2. The number of carbonyl (C=O) groups is 3. The van der Waals surface area contributed by atoms with Crippen molar-refractivity contribution < 1.29 is 33.3 Å². The largest absolute Gasteiger partial charge is 0.463 e. The maximum Gasteiger partial charge on any atom is 0.320 e. The van der Waals surface area contributed by atoms with Crippen molar-refractivity contribution in [3.8, 4) is 18.0 Å². The maximum atomic E-state index is 12.8. The quantitative estimate of drug-likeness (QED) is 0.0178. The zero-order valence-electron chi connectivity index (χ0n) is 74.5. The molecule has 8 aliphatic heterocycles. The summed E-state index contributed by atoms with van der Waals surface area (Å²) in [6, 6.07) is 35.5. The zero-order chi connectivity index (χ0) is 88.0. The molecule has 8 aliphatic rings. The van der Waals surface area contributed by atoms with E-state index in [1.165, 1.54) is 124 Å². The summed E-state index contributed by atoms with van der Waals surface area (Å²) in [5.41, 5.74) is 40.9. The number of amides is 1. The van der Waals surface area contributed by atoms with Gasteiger partial charge >= 0.3 is 18.0 Å². The molecule has 1 amide bonds. The molecule has 0 saturated carbocycles. The van der Waals surface area contributed by atoms with Crippen LogP contribution in [0.2, 0.25) is 0 Å². The van der Waals surface area contributed by atoms with Gasteiger partial charge in [0.05, 0.1) is 31.2 Å². The fourth-order valence-electron chi connectivity index (χ4n) is 17.2. The topological polar surface area (TPSA) is 324 Å². The highest BCUT2D eigenvalue weighted by Gasteiger charge is 2.35. The number of rotatable bonds is 31. The smallest absolute Gasteiger partial charge is 0.320 e. The highest BCUT2D eigenvalue weighted by molar-refractivity contribution is 6.04. The average Bonchev–Trinajstić information content (AvgIpc) is 1.18. The molecule has 4 aromatic heterocycles. The van der Waals surface area contributed by atoms with E-state index in [1.807, 2.05) is 23.6 Å². The summed E-state index contributed by atoms with van der Waals surface area (Å²) in [6.07, 6.45) is 16.6. The Morgan fingerprint density at radius 3 is 1.19 bits per heavy atom. The van der Waals surface area contributed by atoms with Crippen molar-refractivity contribution in [1.82, 2.24) is 64.4 Å². The number of nitrogen functional groups attached to an aromatic ring is 4. The van der Waals surface area contributed by atoms with Crippen LogP contribution >= 0.6 is 0 Å². The third kappa shape index (κ3) is 24.6. The van der Waals surface area contributed by atoms with E-state index < -0.39 is 0 Å². The van der Waals surface area contributed by atoms with Crippen LogP contribution in [-0.2, 0) is 92.4 Å². The number of benzene rings is 4. The lowest BCUT2D eigenvalue weighted by Gasteiger charge is -2.32. The van der Waals surface area contributed by atoms with Gasteiger partial charge in [-0.1, -0.05) is 168 Å². The van der Waals surface area contributed by atoms with Crippen molar-refractivity contribution in [3.63, 3.8) is 0 Å². The van der Waals surface area contributed by atoms with Gasteiger partial charge in [0.25, 0.3) is 5.91 Å². The van der Waals surface area contributed by atoms with Gasteiger partial charge in [0.15, 0.2) is 11.6 Å². The van der Waals surface area contributed by atoms with Crippen molar-refractivity contribution in [2.75, 3.05) is 149 Å². The molecule has 4 saturated heterocycles. The Hall–Kier alpha value is -11.4. The molecule has 4 aromatic carbocycles. The number of methoxy groups -OCH3 is 1. The Balaban J connectivity index is 0.000000143. The highest BCUT2D eigenvalue weighted by Crippen LogP contribution is 2.39. The van der Waals surface area contributed by atoms with Crippen LogP contribution in [0.3, 0.4) is 0 Å². The summed E-state index contributed by atoms with van der Waals surface area (Å²) in [7, 11) is 3.42. The van der Waals surface area contributed by atoms with E-state index in [9.17, 15) is 14.4 Å². The predicted octanol–water partition coefficient (Wildman–Crippen LogP) is 13.4. The van der Waals surface area contributed by atoms with Gasteiger partial charge in [0.1, 0.15) is 52.6 Å². The fourth-order valence-corrected chi connectivity index (χ4v) is 17.2. The average molecular weight is 1700 g/mol. The van der Waals surface area contributed by atoms with E-state index in [0.29, 0.717) is 129 Å². The summed E-state index contributed by atoms with van der Waals surface area (Å²) in [5, 5.41) is 0. The first-order chi connectivity index (χ1) is 60.5. The number of aromatic nitrogens is 8. The summed E-state index contributed by atoms with van der Waals surface area (Å²) >= 11 is 0. The maximum absolute atomic E-state index is 12.8. The van der Waals surface area contributed by atoms with Gasteiger partial charge in [-0.3, -0.25) is 34.0 Å². The number of hydrogen-bond acceptors (Lipinski definition) is 27. The van der Waals surface area contributed by atoms with E-state index in [-0.39, 0.29) is 54.3 Å². The molecule has 16 rings (SSSR count). The Morgan fingerprint density at radius 1 is 0.432 bits per heavy atom. The molecular formula is C97H129N21O7. The van der Waals surface area contributed by atoms with Crippen molar-refractivity contribution in [1.29, 1.82) is 0 Å². The molecule has 28 heteroatoms. The zero-order valence-corrected chi connectivity index (χ0v) is 74.5. The SMILES string of the molecule is C=C1C(=O)Cc2c(N)nc(OCCCC)nc2N1Cc1ccc(CN2CCCC2)cc1.C=C1C(=O)Cc2c(N)nc(OCCCC)nc2N1Cc1cccc(CN2CCCC2)c1.C=C1Cc2c(N)nc(C(=O)N(C)CCC)nc2N(Cc2ccc(CN3CCCC3)cc2)C1.C=C1Cc2c(N)nc(O[C@@H](C)COC)nc2N(Cc2cccc(CN3CCCC3)c2)C1. The van der Waals surface area contributed by atoms with E-state index in [4.69, 9.17) is 46.9 Å². The number of unbranched alkanes of at least 4 members (excludes halogenated alkanes) is 2. The van der Waals surface area contributed by atoms with Crippen molar-refractivity contribution in [2.24, 2.45) is 0 Å². The number of nitrogens with zero attached hydrogens (tertiary/aromatic N) is 17. The first-order valence-electron chi connectivity index (χ1n) is 44.9. The Bertz CT molecular complexity index is 5080. The number of likely N-dealkylation sites (tertiary alicyclic amines) is 4. The van der Waals surface area contributed by atoms with Crippen LogP contribution in [0, 0.1) is 0 Å². The first kappa shape index (κ1) is 91.3. The fraction of sp³-hybridized carbons (Fsp3) is 0.474. The van der Waals surface area contributed by atoms with Gasteiger partial charge in [0, 0.05) is 134 Å². The monoisotopic (exact) mass is 1700 g/mol. The van der Waals surface area contributed by atoms with Crippen molar-refractivity contribution >= 4 is 64.0 Å². The van der Waals surface area contributed by atoms with Gasteiger partial charge in [-0.25, -0.2) is 9.97 Å². The predicted molar refractivity (Wildman–Crippen MR) is 495 cm³/mol. The highest BCUT2D eigenvalue weighted by atomic mass is 16.5. The molecule has 0 radical (unpaired) electrons. The Kier molecular flexibility index (Phi) is 32.1. The number of nitrogens with two attached hydrogens (primary N) is 4. The van der Waals surface area contributed by atoms with E-state index >= 15 is 0 Å². The lowest BCUT2D eigenvalue weighted by molar-refractivity contribution is -0.116. The second kappa shape index (κ2) is 43.9. The molecule has 28 nitrogen and oxygen atoms in total. The van der Waals surface area contributed by atoms with E-state index in [1.54, 1.807) is 19.1 Å². The second-order valence-electron chi connectivity index (χ2n) is 34.4. The third-order valence-electron chi connectivity index (χ3n) is 23.9. The summed E-state index contributed by atoms with van der Waals surface area (Å²) in [6.45, 7) is 44.1. The van der Waals surface area contributed by atoms with E-state index in [2.05, 4.69) is 202 Å². The third-order valence-corrected chi connectivity index (χ3v) is 23.9. The second-order valence-corrected chi connectivity index (χ2v) is 34.4. The standard InChI is InChI=1S/C25H34N6O.C24H33N5O2.2C24H31N5O2/c1-4-11-29(3)25(32)23-27-22(26)21-14-18(2)15-31(24(21)28-23)17-20-9-7-19(8-10-20)16-30-12-5-6-13-30;1-17-11-21-22(25)26-24(31-18(2)16-30-3)27-23(21)29(13-17)15-20-8-6-7-19(12-20)14-28-9-4-5-10-28;1-3-4-13-31-24-26-22(25)20-14-21(30)17(2)29(23(20)27-24)16-19-9-7-18(8-10-19)15-28-11-5-6-12-28;1-3-4-12-31-24-26-22(25)20-14-21(30)17(2)29(23(20)27-24)16-19-9-7-8-18(13-19)15-28-10-5-6-11-28/h7-10H,2,4-6,11-17H2,1,3H3,(H2,26,27,28);6-8,12,18H,1,4-5,9-11,13-16H2,2-3H3,(H2,25,26,27);7-10H,2-6,11-16H2,1H3,(H2,25,26,27);7-9,13H,2-6,10-12,14-16H2,1H3,(H2,25,26,27)/t;18-;;/m.0../s1. The van der Waals surface area contributed by atoms with Gasteiger partial charge in [-0.2, -0.15) is 29.9 Å². The van der Waals surface area contributed by atoms with Crippen LogP contribution in [0.5, 0.6) is 18.0 Å². The van der Waals surface area contributed by atoms with Crippen LogP contribution < -0.4 is 56.7 Å². The number of ketones is 2. The van der Waals surface area contributed by atoms with Gasteiger partial charge in [-0.15, -0.1) is 0 Å². The molecule has 664 valence electrons. The number of carbonyl (C=O) groups excluding carboxylic acids is 3. The number of anilines is 8. The van der Waals surface area contributed by atoms with Gasteiger partial charge in [-0.05, 0) is 174 Å². The number of fused-ring (bicyclic) bond motifs is 4. The minimum Gasteiger partial charge on any atom is -0.463 e. The molecule has 0 aliphatic carbocycles.